The van der Waals surface area contributed by atoms with Gasteiger partial charge in [-0.05, 0) is 37.8 Å². The number of carbonyl (C=O) groups excluding carboxylic acids is 1. The molecule has 0 spiro atoms. The van der Waals surface area contributed by atoms with Crippen molar-refractivity contribution in [3.05, 3.63) is 18.0 Å². The first kappa shape index (κ1) is 19.3. The van der Waals surface area contributed by atoms with Gasteiger partial charge in [-0.1, -0.05) is 32.1 Å². The first-order chi connectivity index (χ1) is 11.2. The number of hydrogen-bond acceptors (Lipinski definition) is 3. The van der Waals surface area contributed by atoms with Crippen molar-refractivity contribution >= 4 is 18.3 Å². The summed E-state index contributed by atoms with van der Waals surface area (Å²) in [5, 5.41) is 7.93. The average molecular weight is 355 g/mol. The van der Waals surface area contributed by atoms with Crippen LogP contribution in [-0.4, -0.2) is 47.3 Å². The minimum atomic E-state index is 0. The van der Waals surface area contributed by atoms with E-state index in [1.807, 2.05) is 28.9 Å². The number of hydrogen-bond donors (Lipinski definition) is 1. The van der Waals surface area contributed by atoms with Crippen molar-refractivity contribution in [2.24, 2.45) is 5.92 Å². The summed E-state index contributed by atoms with van der Waals surface area (Å²) in [4.78, 5) is 14.4. The van der Waals surface area contributed by atoms with Crippen LogP contribution in [0.25, 0.3) is 0 Å². The first-order valence-electron chi connectivity index (χ1n) is 9.25. The van der Waals surface area contributed by atoms with Crippen LogP contribution in [0.15, 0.2) is 12.3 Å². The van der Waals surface area contributed by atoms with Crippen LogP contribution in [0.3, 0.4) is 0 Å². The summed E-state index contributed by atoms with van der Waals surface area (Å²) in [6.45, 7) is 2.89. The van der Waals surface area contributed by atoms with E-state index in [1.54, 1.807) is 0 Å². The van der Waals surface area contributed by atoms with Gasteiger partial charge in [-0.2, -0.15) is 5.10 Å². The van der Waals surface area contributed by atoms with Crippen molar-refractivity contribution in [1.82, 2.24) is 20.0 Å². The summed E-state index contributed by atoms with van der Waals surface area (Å²) >= 11 is 0. The molecular weight excluding hydrogens is 324 g/mol. The van der Waals surface area contributed by atoms with Crippen molar-refractivity contribution < 1.29 is 4.79 Å². The Morgan fingerprint density at radius 2 is 2.08 bits per heavy atom. The van der Waals surface area contributed by atoms with Gasteiger partial charge in [-0.3, -0.25) is 9.48 Å². The number of nitrogens with one attached hydrogen (secondary N) is 1. The maximum Gasteiger partial charge on any atom is 0.274 e. The van der Waals surface area contributed by atoms with E-state index in [1.165, 1.54) is 38.5 Å². The Balaban J connectivity index is 0.00000208. The first-order valence-corrected chi connectivity index (χ1v) is 9.25. The van der Waals surface area contributed by atoms with E-state index in [0.29, 0.717) is 11.7 Å². The molecule has 1 aromatic heterocycles. The van der Waals surface area contributed by atoms with Gasteiger partial charge >= 0.3 is 0 Å². The predicted molar refractivity (Wildman–Crippen MR) is 98.8 cm³/mol. The van der Waals surface area contributed by atoms with Gasteiger partial charge in [0.15, 0.2) is 0 Å². The number of halogens is 1. The normalized spacial score (nSPS) is 22.0. The molecule has 1 unspecified atom stereocenters. The van der Waals surface area contributed by atoms with Crippen LogP contribution in [0.1, 0.15) is 67.9 Å². The smallest absolute Gasteiger partial charge is 0.274 e. The van der Waals surface area contributed by atoms with E-state index in [-0.39, 0.29) is 18.3 Å². The Morgan fingerprint density at radius 1 is 1.29 bits per heavy atom. The molecule has 1 N–H and O–H groups in total. The standard InChI is InChI=1S/C18H30N4O.ClH/c1-21(12-9-15-6-3-2-4-7-15)18(23)17-10-13-22(20-17)16-8-5-11-19-14-16;/h10,13,15-16,19H,2-9,11-12,14H2,1H3;1H. The maximum atomic E-state index is 12.5. The van der Waals surface area contributed by atoms with Gasteiger partial charge in [0, 0.05) is 26.3 Å². The molecule has 24 heavy (non-hydrogen) atoms. The Kier molecular flexibility index (Phi) is 7.56. The third-order valence-corrected chi connectivity index (χ3v) is 5.42. The zero-order valence-corrected chi connectivity index (χ0v) is 15.6. The van der Waals surface area contributed by atoms with Crippen molar-refractivity contribution in [3.8, 4) is 0 Å². The molecule has 2 heterocycles. The molecule has 5 nitrogen and oxygen atoms in total. The van der Waals surface area contributed by atoms with Crippen LogP contribution in [0.4, 0.5) is 0 Å². The van der Waals surface area contributed by atoms with Crippen LogP contribution in [0.5, 0.6) is 0 Å². The molecular formula is C18H31ClN4O. The molecule has 0 aromatic carbocycles. The van der Waals surface area contributed by atoms with E-state index in [4.69, 9.17) is 0 Å². The number of aromatic nitrogens is 2. The molecule has 1 atom stereocenters. The average Bonchev–Trinajstić information content (AvgIpc) is 3.11. The predicted octanol–water partition coefficient (Wildman–Crippen LogP) is 3.27. The van der Waals surface area contributed by atoms with E-state index < -0.39 is 0 Å². The second-order valence-corrected chi connectivity index (χ2v) is 7.20. The van der Waals surface area contributed by atoms with Gasteiger partial charge in [-0.25, -0.2) is 0 Å². The van der Waals surface area contributed by atoms with Gasteiger partial charge in [0.25, 0.3) is 5.91 Å². The van der Waals surface area contributed by atoms with Gasteiger partial charge in [-0.15, -0.1) is 12.4 Å². The summed E-state index contributed by atoms with van der Waals surface area (Å²) in [5.41, 5.74) is 0.585. The Morgan fingerprint density at radius 3 is 2.79 bits per heavy atom. The second kappa shape index (κ2) is 9.42. The van der Waals surface area contributed by atoms with E-state index in [0.717, 1.165) is 38.4 Å². The molecule has 1 aliphatic heterocycles. The van der Waals surface area contributed by atoms with Gasteiger partial charge in [0.1, 0.15) is 5.69 Å². The highest BCUT2D eigenvalue weighted by Crippen LogP contribution is 2.26. The SMILES string of the molecule is CN(CCC1CCCCC1)C(=O)c1ccn(C2CCCNC2)n1.Cl. The zero-order valence-electron chi connectivity index (χ0n) is 14.7. The summed E-state index contributed by atoms with van der Waals surface area (Å²) in [5.74, 6) is 0.869. The van der Waals surface area contributed by atoms with Crippen LogP contribution in [0.2, 0.25) is 0 Å². The molecule has 1 aromatic rings. The number of nitrogens with zero attached hydrogens (tertiary/aromatic N) is 3. The molecule has 0 radical (unpaired) electrons. The van der Waals surface area contributed by atoms with Crippen molar-refractivity contribution in [1.29, 1.82) is 0 Å². The molecule has 2 aliphatic rings. The van der Waals surface area contributed by atoms with Gasteiger partial charge < -0.3 is 10.2 Å². The Bertz CT molecular complexity index is 507. The summed E-state index contributed by atoms with van der Waals surface area (Å²) in [7, 11) is 1.91. The van der Waals surface area contributed by atoms with Crippen LogP contribution in [0, 0.1) is 5.92 Å². The molecule has 136 valence electrons. The largest absolute Gasteiger partial charge is 0.340 e. The minimum Gasteiger partial charge on any atom is -0.340 e. The number of amides is 1. The highest BCUT2D eigenvalue weighted by atomic mass is 35.5. The summed E-state index contributed by atoms with van der Waals surface area (Å²) in [6, 6.07) is 2.26. The molecule has 2 fully saturated rings. The molecule has 3 rings (SSSR count). The number of rotatable bonds is 5. The van der Waals surface area contributed by atoms with Crippen molar-refractivity contribution in [2.75, 3.05) is 26.7 Å². The third kappa shape index (κ3) is 4.96. The summed E-state index contributed by atoms with van der Waals surface area (Å²) in [6.07, 6.45) is 12.2. The molecule has 6 heteroatoms. The van der Waals surface area contributed by atoms with Gasteiger partial charge in [0.2, 0.25) is 0 Å². The van der Waals surface area contributed by atoms with Crippen molar-refractivity contribution in [2.45, 2.75) is 57.4 Å². The van der Waals surface area contributed by atoms with E-state index in [2.05, 4.69) is 10.4 Å². The highest BCUT2D eigenvalue weighted by molar-refractivity contribution is 5.92. The number of piperidine rings is 1. The maximum absolute atomic E-state index is 12.5. The topological polar surface area (TPSA) is 50.2 Å². The Hall–Kier alpha value is -1.07. The molecule has 1 saturated heterocycles. The van der Waals surface area contributed by atoms with Crippen molar-refractivity contribution in [3.63, 3.8) is 0 Å². The monoisotopic (exact) mass is 354 g/mol. The highest BCUT2D eigenvalue weighted by Gasteiger charge is 2.20. The molecule has 1 aliphatic carbocycles. The lowest BCUT2D eigenvalue weighted by Crippen LogP contribution is -2.32. The van der Waals surface area contributed by atoms with E-state index >= 15 is 0 Å². The third-order valence-electron chi connectivity index (χ3n) is 5.42. The Labute approximate surface area is 151 Å². The lowest BCUT2D eigenvalue weighted by molar-refractivity contribution is 0.0776. The zero-order chi connectivity index (χ0) is 16.1. The van der Waals surface area contributed by atoms with Crippen LogP contribution < -0.4 is 5.32 Å². The molecule has 0 bridgehead atoms. The summed E-state index contributed by atoms with van der Waals surface area (Å²) < 4.78 is 1.97. The fraction of sp³-hybridized carbons (Fsp3) is 0.778. The van der Waals surface area contributed by atoms with Gasteiger partial charge in [0.05, 0.1) is 6.04 Å². The fourth-order valence-corrected chi connectivity index (χ4v) is 3.86. The number of carbonyl (C=O) groups is 1. The fourth-order valence-electron chi connectivity index (χ4n) is 3.86. The second-order valence-electron chi connectivity index (χ2n) is 7.20. The molecule has 1 saturated carbocycles. The van der Waals surface area contributed by atoms with E-state index in [9.17, 15) is 4.79 Å². The lowest BCUT2D eigenvalue weighted by atomic mass is 9.87. The molecule has 1 amide bonds. The lowest BCUT2D eigenvalue weighted by Gasteiger charge is -2.24. The minimum absolute atomic E-state index is 0. The van der Waals surface area contributed by atoms with Crippen LogP contribution in [-0.2, 0) is 0 Å². The quantitative estimate of drug-likeness (QED) is 0.882. The van der Waals surface area contributed by atoms with Crippen LogP contribution >= 0.6 is 12.4 Å².